The van der Waals surface area contributed by atoms with E-state index < -0.39 is 11.7 Å². The van der Waals surface area contributed by atoms with Crippen LogP contribution in [0.1, 0.15) is 24.1 Å². The van der Waals surface area contributed by atoms with Crippen LogP contribution in [-0.4, -0.2) is 43.5 Å². The predicted molar refractivity (Wildman–Crippen MR) is 103 cm³/mol. The summed E-state index contributed by atoms with van der Waals surface area (Å²) in [5.41, 5.74) is 0.689. The van der Waals surface area contributed by atoms with E-state index in [1.165, 1.54) is 18.2 Å². The average Bonchev–Trinajstić information content (AvgIpc) is 2.68. The zero-order chi connectivity index (χ0) is 21.0. The molecule has 0 spiro atoms. The summed E-state index contributed by atoms with van der Waals surface area (Å²) in [5, 5.41) is 2.89. The van der Waals surface area contributed by atoms with E-state index in [0.29, 0.717) is 31.9 Å². The largest absolute Gasteiger partial charge is 0.416 e. The number of benzene rings is 2. The maximum Gasteiger partial charge on any atom is 0.416 e. The number of nitrogens with one attached hydrogen (secondary N) is 1. The smallest absolute Gasteiger partial charge is 0.369 e. The van der Waals surface area contributed by atoms with Crippen LogP contribution in [0.4, 0.5) is 23.2 Å². The Morgan fingerprint density at radius 2 is 1.72 bits per heavy atom. The number of piperazine rings is 1. The lowest BCUT2D eigenvalue weighted by molar-refractivity contribution is -0.137. The van der Waals surface area contributed by atoms with Crippen LogP contribution in [0.15, 0.2) is 48.5 Å². The van der Waals surface area contributed by atoms with Gasteiger partial charge in [-0.05, 0) is 42.8 Å². The van der Waals surface area contributed by atoms with Gasteiger partial charge in [0.25, 0.3) is 0 Å². The fraction of sp³-hybridized carbons (Fsp3) is 0.381. The number of hydrogen-bond acceptors (Lipinski definition) is 3. The van der Waals surface area contributed by atoms with Crippen molar-refractivity contribution < 1.29 is 22.4 Å². The quantitative estimate of drug-likeness (QED) is 0.763. The summed E-state index contributed by atoms with van der Waals surface area (Å²) in [4.78, 5) is 16.2. The second-order valence-corrected chi connectivity index (χ2v) is 7.15. The molecule has 156 valence electrons. The number of rotatable bonds is 5. The van der Waals surface area contributed by atoms with Crippen molar-refractivity contribution in [2.24, 2.45) is 0 Å². The second kappa shape index (κ2) is 8.82. The molecule has 4 nitrogen and oxygen atoms in total. The Kier molecular flexibility index (Phi) is 6.42. The lowest BCUT2D eigenvalue weighted by Gasteiger charge is -2.36. The predicted octanol–water partition coefficient (Wildman–Crippen LogP) is 3.84. The zero-order valence-corrected chi connectivity index (χ0v) is 16.0. The number of halogens is 4. The standard InChI is InChI=1S/C21H23F4N3O/c1-15(16-5-7-18(22)8-6-16)26-20(29)14-27-9-11-28(12-10-27)19-4-2-3-17(13-19)21(23,24)25/h2-8,13,15H,9-12,14H2,1H3,(H,26,29). The first kappa shape index (κ1) is 21.1. The molecule has 2 aromatic carbocycles. The van der Waals surface area contributed by atoms with E-state index in [-0.39, 0.29) is 24.3 Å². The molecular formula is C21H23F4N3O. The molecule has 1 fully saturated rings. The number of carbonyl (C=O) groups is 1. The monoisotopic (exact) mass is 409 g/mol. The summed E-state index contributed by atoms with van der Waals surface area (Å²) in [6, 6.07) is 11.0. The lowest BCUT2D eigenvalue weighted by atomic mass is 10.1. The summed E-state index contributed by atoms with van der Waals surface area (Å²) >= 11 is 0. The molecule has 0 aromatic heterocycles. The Balaban J connectivity index is 1.49. The molecule has 2 aromatic rings. The highest BCUT2D eigenvalue weighted by Crippen LogP contribution is 2.31. The Labute approximate surface area is 167 Å². The van der Waals surface area contributed by atoms with Gasteiger partial charge in [0, 0.05) is 31.9 Å². The number of hydrogen-bond donors (Lipinski definition) is 1. The van der Waals surface area contributed by atoms with Crippen molar-refractivity contribution in [3.8, 4) is 0 Å². The van der Waals surface area contributed by atoms with Crippen LogP contribution in [-0.2, 0) is 11.0 Å². The van der Waals surface area contributed by atoms with Gasteiger partial charge in [0.2, 0.25) is 5.91 Å². The number of alkyl halides is 3. The molecule has 0 saturated carbocycles. The van der Waals surface area contributed by atoms with Crippen LogP contribution in [0, 0.1) is 5.82 Å². The Morgan fingerprint density at radius 3 is 2.34 bits per heavy atom. The van der Waals surface area contributed by atoms with Crippen molar-refractivity contribution >= 4 is 11.6 Å². The van der Waals surface area contributed by atoms with E-state index in [4.69, 9.17) is 0 Å². The highest BCUT2D eigenvalue weighted by molar-refractivity contribution is 5.78. The molecule has 0 bridgehead atoms. The van der Waals surface area contributed by atoms with Crippen LogP contribution in [0.3, 0.4) is 0 Å². The molecular weight excluding hydrogens is 386 g/mol. The van der Waals surface area contributed by atoms with E-state index in [9.17, 15) is 22.4 Å². The van der Waals surface area contributed by atoms with E-state index in [1.807, 2.05) is 16.7 Å². The summed E-state index contributed by atoms with van der Waals surface area (Å²) in [7, 11) is 0. The fourth-order valence-electron chi connectivity index (χ4n) is 3.37. The van der Waals surface area contributed by atoms with Gasteiger partial charge in [-0.1, -0.05) is 18.2 Å². The number of nitrogens with zero attached hydrogens (tertiary/aromatic N) is 2. The Bertz CT molecular complexity index is 831. The number of amides is 1. The third kappa shape index (κ3) is 5.69. The maximum atomic E-state index is 13.0. The summed E-state index contributed by atoms with van der Waals surface area (Å²) < 4.78 is 51.7. The zero-order valence-electron chi connectivity index (χ0n) is 16.0. The molecule has 1 saturated heterocycles. The third-order valence-corrected chi connectivity index (χ3v) is 5.03. The van der Waals surface area contributed by atoms with Crippen LogP contribution in [0.2, 0.25) is 0 Å². The van der Waals surface area contributed by atoms with Crippen molar-refractivity contribution in [1.29, 1.82) is 0 Å². The van der Waals surface area contributed by atoms with Gasteiger partial charge in [0.1, 0.15) is 5.82 Å². The second-order valence-electron chi connectivity index (χ2n) is 7.15. The molecule has 3 rings (SSSR count). The van der Waals surface area contributed by atoms with E-state index >= 15 is 0 Å². The van der Waals surface area contributed by atoms with E-state index in [2.05, 4.69) is 5.32 Å². The van der Waals surface area contributed by atoms with Crippen molar-refractivity contribution in [1.82, 2.24) is 10.2 Å². The topological polar surface area (TPSA) is 35.6 Å². The van der Waals surface area contributed by atoms with Gasteiger partial charge in [-0.3, -0.25) is 9.69 Å². The highest BCUT2D eigenvalue weighted by atomic mass is 19.4. The first-order valence-electron chi connectivity index (χ1n) is 9.42. The molecule has 8 heteroatoms. The highest BCUT2D eigenvalue weighted by Gasteiger charge is 2.31. The van der Waals surface area contributed by atoms with Gasteiger partial charge in [-0.15, -0.1) is 0 Å². The van der Waals surface area contributed by atoms with Crippen LogP contribution < -0.4 is 10.2 Å². The molecule has 1 aliphatic rings. The van der Waals surface area contributed by atoms with Crippen LogP contribution >= 0.6 is 0 Å². The first-order chi connectivity index (χ1) is 13.7. The minimum atomic E-state index is -4.36. The maximum absolute atomic E-state index is 13.0. The van der Waals surface area contributed by atoms with Crippen LogP contribution in [0.5, 0.6) is 0 Å². The molecule has 0 aliphatic carbocycles. The van der Waals surface area contributed by atoms with Crippen molar-refractivity contribution in [2.75, 3.05) is 37.6 Å². The van der Waals surface area contributed by atoms with Crippen molar-refractivity contribution in [3.63, 3.8) is 0 Å². The number of anilines is 1. The Hall–Kier alpha value is -2.61. The molecule has 0 radical (unpaired) electrons. The fourth-order valence-corrected chi connectivity index (χ4v) is 3.37. The third-order valence-electron chi connectivity index (χ3n) is 5.03. The summed E-state index contributed by atoms with van der Waals surface area (Å²) in [6.07, 6.45) is -4.36. The van der Waals surface area contributed by atoms with Crippen LogP contribution in [0.25, 0.3) is 0 Å². The minimum absolute atomic E-state index is 0.144. The molecule has 1 heterocycles. The lowest BCUT2D eigenvalue weighted by Crippen LogP contribution is -2.49. The number of carbonyl (C=O) groups excluding carboxylic acids is 1. The molecule has 1 N–H and O–H groups in total. The van der Waals surface area contributed by atoms with Gasteiger partial charge < -0.3 is 10.2 Å². The first-order valence-corrected chi connectivity index (χ1v) is 9.42. The molecule has 1 unspecified atom stereocenters. The van der Waals surface area contributed by atoms with Gasteiger partial charge in [0.15, 0.2) is 0 Å². The summed E-state index contributed by atoms with van der Waals surface area (Å²) in [6.45, 7) is 4.28. The minimum Gasteiger partial charge on any atom is -0.369 e. The molecule has 1 amide bonds. The SMILES string of the molecule is CC(NC(=O)CN1CCN(c2cccc(C(F)(F)F)c2)CC1)c1ccc(F)cc1. The van der Waals surface area contributed by atoms with Gasteiger partial charge in [-0.2, -0.15) is 13.2 Å². The van der Waals surface area contributed by atoms with Crippen molar-refractivity contribution in [3.05, 3.63) is 65.5 Å². The van der Waals surface area contributed by atoms with E-state index in [1.54, 1.807) is 18.2 Å². The Morgan fingerprint density at radius 1 is 1.07 bits per heavy atom. The summed E-state index contributed by atoms with van der Waals surface area (Å²) in [5.74, 6) is -0.472. The van der Waals surface area contributed by atoms with Crippen molar-refractivity contribution in [2.45, 2.75) is 19.1 Å². The molecule has 29 heavy (non-hydrogen) atoms. The molecule has 1 atom stereocenters. The normalized spacial score (nSPS) is 16.5. The van der Waals surface area contributed by atoms with E-state index in [0.717, 1.165) is 17.7 Å². The van der Waals surface area contributed by atoms with Gasteiger partial charge in [0.05, 0.1) is 18.2 Å². The van der Waals surface area contributed by atoms with Gasteiger partial charge in [-0.25, -0.2) is 4.39 Å². The molecule has 1 aliphatic heterocycles. The average molecular weight is 409 g/mol. The van der Waals surface area contributed by atoms with Gasteiger partial charge >= 0.3 is 6.18 Å².